The van der Waals surface area contributed by atoms with Crippen molar-refractivity contribution in [1.29, 1.82) is 0 Å². The molecule has 0 saturated carbocycles. The van der Waals surface area contributed by atoms with Gasteiger partial charge in [-0.1, -0.05) is 45.0 Å². The van der Waals surface area contributed by atoms with Crippen molar-refractivity contribution in [3.8, 4) is 11.1 Å². The number of anilines is 1. The summed E-state index contributed by atoms with van der Waals surface area (Å²) in [6, 6.07) is 14.4. The lowest BCUT2D eigenvalue weighted by Crippen LogP contribution is -2.22. The highest BCUT2D eigenvalue weighted by Gasteiger charge is 2.20. The van der Waals surface area contributed by atoms with E-state index in [1.807, 2.05) is 18.2 Å². The molecule has 4 aromatic rings. The minimum Gasteiger partial charge on any atom is -0.392 e. The van der Waals surface area contributed by atoms with Gasteiger partial charge in [-0.3, -0.25) is 14.4 Å². The number of hydrogen-bond acceptors (Lipinski definition) is 4. The molecule has 2 amide bonds. The van der Waals surface area contributed by atoms with Crippen molar-refractivity contribution in [2.24, 2.45) is 7.05 Å². The molecule has 0 aliphatic heterocycles. The lowest BCUT2D eigenvalue weighted by Gasteiger charge is -2.19. The first-order valence-electron chi connectivity index (χ1n) is 12.0. The molecule has 0 bridgehead atoms. The fourth-order valence-electron chi connectivity index (χ4n) is 4.35. The number of aromatic amines is 1. The van der Waals surface area contributed by atoms with Crippen LogP contribution in [0.5, 0.6) is 0 Å². The maximum Gasteiger partial charge on any atom is 0.274 e. The highest BCUT2D eigenvalue weighted by Crippen LogP contribution is 2.34. The van der Waals surface area contributed by atoms with E-state index in [1.165, 1.54) is 9.47 Å². The lowest BCUT2D eigenvalue weighted by atomic mass is 9.86. The highest BCUT2D eigenvalue weighted by atomic mass is 16.3. The molecular weight excluding hydrogens is 468 g/mol. The molecule has 8 heteroatoms. The number of aliphatic hydroxyl groups excluding tert-OH is 1. The number of aromatic nitrogens is 2. The normalized spacial score (nSPS) is 11.5. The van der Waals surface area contributed by atoms with Crippen LogP contribution >= 0.6 is 0 Å². The fourth-order valence-corrected chi connectivity index (χ4v) is 4.35. The van der Waals surface area contributed by atoms with Gasteiger partial charge in [0.1, 0.15) is 11.2 Å². The zero-order valence-corrected chi connectivity index (χ0v) is 22.0. The highest BCUT2D eigenvalue weighted by molar-refractivity contribution is 6.06. The third-order valence-electron chi connectivity index (χ3n) is 6.49. The largest absolute Gasteiger partial charge is 0.392 e. The molecule has 0 saturated heterocycles. The molecule has 2 heterocycles. The van der Waals surface area contributed by atoms with E-state index in [2.05, 4.69) is 31.1 Å². The molecule has 0 atom stereocenters. The third kappa shape index (κ3) is 4.93. The summed E-state index contributed by atoms with van der Waals surface area (Å²) in [6.45, 7) is 6.00. The number of carbonyl (C=O) groups excluding carboxylic acids is 2. The summed E-state index contributed by atoms with van der Waals surface area (Å²) in [5.41, 5.74) is 4.18. The number of pyridine rings is 1. The molecule has 2 aromatic heterocycles. The molecule has 2 aromatic carbocycles. The van der Waals surface area contributed by atoms with Gasteiger partial charge in [-0.15, -0.1) is 0 Å². The van der Waals surface area contributed by atoms with Gasteiger partial charge in [0.2, 0.25) is 0 Å². The van der Waals surface area contributed by atoms with Crippen LogP contribution in [0, 0.1) is 0 Å². The van der Waals surface area contributed by atoms with Crippen LogP contribution in [0.4, 0.5) is 5.69 Å². The predicted octanol–water partition coefficient (Wildman–Crippen LogP) is 4.28. The first-order chi connectivity index (χ1) is 17.4. The zero-order valence-electron chi connectivity index (χ0n) is 22.0. The standard InChI is InChI=1S/C29H32N4O4/c1-29(2,3)18-12-10-17(11-13-18)26(35)31-23-9-7-8-19(22(23)16-34)21-15-33(6)28(37)25-20(21)14-24(30-25)27(36)32(4)5/h7-15,30,34H,16H2,1-6H3,(H,31,35). The second-order valence-corrected chi connectivity index (χ2v) is 10.4. The summed E-state index contributed by atoms with van der Waals surface area (Å²) in [5, 5.41) is 13.8. The van der Waals surface area contributed by atoms with Gasteiger partial charge in [-0.05, 0) is 40.8 Å². The molecule has 192 valence electrons. The van der Waals surface area contributed by atoms with Crippen LogP contribution in [0.15, 0.2) is 59.5 Å². The Bertz CT molecular complexity index is 1550. The number of nitrogens with one attached hydrogen (secondary N) is 2. The van der Waals surface area contributed by atoms with Crippen molar-refractivity contribution in [2.45, 2.75) is 32.8 Å². The van der Waals surface area contributed by atoms with Crippen LogP contribution in [0.3, 0.4) is 0 Å². The number of nitrogens with zero attached hydrogens (tertiary/aromatic N) is 2. The third-order valence-corrected chi connectivity index (χ3v) is 6.49. The van der Waals surface area contributed by atoms with Gasteiger partial charge in [-0.2, -0.15) is 0 Å². The summed E-state index contributed by atoms with van der Waals surface area (Å²) >= 11 is 0. The van der Waals surface area contributed by atoms with Gasteiger partial charge in [0, 0.05) is 55.1 Å². The molecule has 0 spiro atoms. The number of fused-ring (bicyclic) bond motifs is 1. The quantitative estimate of drug-likeness (QED) is 0.380. The average Bonchev–Trinajstić information content (AvgIpc) is 3.31. The van der Waals surface area contributed by atoms with Crippen molar-refractivity contribution in [1.82, 2.24) is 14.5 Å². The van der Waals surface area contributed by atoms with E-state index in [1.54, 1.807) is 57.7 Å². The molecule has 4 rings (SSSR count). The number of carbonyl (C=O) groups is 2. The maximum absolute atomic E-state index is 13.1. The smallest absolute Gasteiger partial charge is 0.274 e. The molecule has 0 aliphatic rings. The minimum atomic E-state index is -0.340. The van der Waals surface area contributed by atoms with Gasteiger partial charge in [0.05, 0.1) is 6.61 Å². The maximum atomic E-state index is 13.1. The predicted molar refractivity (Wildman–Crippen MR) is 146 cm³/mol. The fraction of sp³-hybridized carbons (Fsp3) is 0.276. The minimum absolute atomic E-state index is 0.0240. The monoisotopic (exact) mass is 500 g/mol. The molecule has 37 heavy (non-hydrogen) atoms. The first kappa shape index (κ1) is 25.9. The summed E-state index contributed by atoms with van der Waals surface area (Å²) in [6.07, 6.45) is 1.67. The number of rotatable bonds is 5. The Labute approximate surface area is 215 Å². The summed E-state index contributed by atoms with van der Waals surface area (Å²) in [5.74, 6) is -0.552. The van der Waals surface area contributed by atoms with Crippen molar-refractivity contribution >= 4 is 28.4 Å². The second-order valence-electron chi connectivity index (χ2n) is 10.4. The van der Waals surface area contributed by atoms with Crippen molar-refractivity contribution in [3.05, 3.63) is 87.5 Å². The van der Waals surface area contributed by atoms with E-state index in [0.29, 0.717) is 44.5 Å². The van der Waals surface area contributed by atoms with E-state index < -0.39 is 0 Å². The number of H-pyrrole nitrogens is 1. The second kappa shape index (κ2) is 9.71. The summed E-state index contributed by atoms with van der Waals surface area (Å²) in [4.78, 5) is 42.8. The first-order valence-corrected chi connectivity index (χ1v) is 12.0. The summed E-state index contributed by atoms with van der Waals surface area (Å²) in [7, 11) is 4.91. The van der Waals surface area contributed by atoms with Gasteiger partial charge in [-0.25, -0.2) is 0 Å². The van der Waals surface area contributed by atoms with E-state index in [0.717, 1.165) is 5.56 Å². The Hall–Kier alpha value is -4.17. The number of hydrogen-bond donors (Lipinski definition) is 3. The molecule has 3 N–H and O–H groups in total. The van der Waals surface area contributed by atoms with Crippen LogP contribution < -0.4 is 10.9 Å². The number of amides is 2. The number of benzene rings is 2. The van der Waals surface area contributed by atoms with Gasteiger partial charge in [0.15, 0.2) is 0 Å². The van der Waals surface area contributed by atoms with Crippen molar-refractivity contribution < 1.29 is 14.7 Å². The SMILES string of the molecule is CN(C)C(=O)c1cc2c(-c3cccc(NC(=O)c4ccc(C(C)(C)C)cc4)c3CO)cn(C)c(=O)c2[nH]1. The Balaban J connectivity index is 1.78. The van der Waals surface area contributed by atoms with Crippen LogP contribution in [0.25, 0.3) is 22.0 Å². The van der Waals surface area contributed by atoms with E-state index in [-0.39, 0.29) is 29.4 Å². The van der Waals surface area contributed by atoms with E-state index in [4.69, 9.17) is 0 Å². The Morgan fingerprint density at radius 1 is 1.05 bits per heavy atom. The Morgan fingerprint density at radius 2 is 1.73 bits per heavy atom. The van der Waals surface area contributed by atoms with Crippen molar-refractivity contribution in [2.75, 3.05) is 19.4 Å². The molecular formula is C29H32N4O4. The lowest BCUT2D eigenvalue weighted by molar-refractivity contribution is 0.0822. The number of aryl methyl sites for hydroxylation is 1. The van der Waals surface area contributed by atoms with Gasteiger partial charge in [0.25, 0.3) is 17.4 Å². The Kier molecular flexibility index (Phi) is 6.80. The van der Waals surface area contributed by atoms with Crippen molar-refractivity contribution in [3.63, 3.8) is 0 Å². The molecule has 0 radical (unpaired) electrons. The molecule has 0 aliphatic carbocycles. The van der Waals surface area contributed by atoms with Gasteiger partial charge < -0.3 is 24.9 Å². The Morgan fingerprint density at radius 3 is 2.32 bits per heavy atom. The van der Waals surface area contributed by atoms with Crippen LogP contribution in [0.1, 0.15) is 52.7 Å². The van der Waals surface area contributed by atoms with Crippen LogP contribution in [0.2, 0.25) is 0 Å². The van der Waals surface area contributed by atoms with Gasteiger partial charge >= 0.3 is 0 Å². The molecule has 8 nitrogen and oxygen atoms in total. The van der Waals surface area contributed by atoms with Crippen LogP contribution in [-0.4, -0.2) is 45.5 Å². The molecule has 0 fully saturated rings. The zero-order chi connectivity index (χ0) is 27.1. The average molecular weight is 501 g/mol. The topological polar surface area (TPSA) is 107 Å². The van der Waals surface area contributed by atoms with Crippen LogP contribution in [-0.2, 0) is 19.1 Å². The number of aliphatic hydroxyl groups is 1. The van der Waals surface area contributed by atoms with E-state index >= 15 is 0 Å². The molecule has 0 unspecified atom stereocenters. The van der Waals surface area contributed by atoms with E-state index in [9.17, 15) is 19.5 Å². The summed E-state index contributed by atoms with van der Waals surface area (Å²) < 4.78 is 1.43.